The number of carbonyl (C=O) groups is 1. The molecule has 0 aliphatic heterocycles. The number of nitrogens with one attached hydrogen (secondary N) is 2. The lowest BCUT2D eigenvalue weighted by atomic mass is 10.1. The summed E-state index contributed by atoms with van der Waals surface area (Å²) in [4.78, 5) is 23.3. The van der Waals surface area contributed by atoms with Gasteiger partial charge in [0, 0.05) is 11.9 Å². The number of aromatic amines is 1. The molecule has 1 amide bonds. The second-order valence-corrected chi connectivity index (χ2v) is 6.12. The summed E-state index contributed by atoms with van der Waals surface area (Å²) in [5, 5.41) is 3.14. The van der Waals surface area contributed by atoms with Crippen LogP contribution < -0.4 is 5.32 Å². The average Bonchev–Trinajstić information content (AvgIpc) is 3.30. The number of benzene rings is 1. The fraction of sp³-hybridized carbons (Fsp3) is 0. The molecule has 4 rings (SSSR count). The van der Waals surface area contributed by atoms with Crippen molar-refractivity contribution in [2.45, 2.75) is 0 Å². The highest BCUT2D eigenvalue weighted by molar-refractivity contribution is 6.44. The number of imidazole rings is 1. The molecule has 0 bridgehead atoms. The molecule has 0 saturated carbocycles. The lowest BCUT2D eigenvalue weighted by Crippen LogP contribution is -2.11. The molecule has 2 N–H and O–H groups in total. The quantitative estimate of drug-likeness (QED) is 0.520. The maximum atomic E-state index is 14.3. The zero-order chi connectivity index (χ0) is 18.3. The Bertz CT molecular complexity index is 1130. The minimum atomic E-state index is -0.526. The number of rotatable bonds is 3. The van der Waals surface area contributed by atoms with E-state index in [1.54, 1.807) is 6.07 Å². The minimum Gasteiger partial charge on any atom is -0.459 e. The van der Waals surface area contributed by atoms with E-state index in [4.69, 9.17) is 27.6 Å². The highest BCUT2D eigenvalue weighted by Crippen LogP contribution is 2.31. The van der Waals surface area contributed by atoms with Gasteiger partial charge in [-0.2, -0.15) is 0 Å². The van der Waals surface area contributed by atoms with Crippen molar-refractivity contribution in [1.29, 1.82) is 0 Å². The summed E-state index contributed by atoms with van der Waals surface area (Å²) in [6, 6.07) is 7.23. The molecule has 0 radical (unpaired) electrons. The standard InChI is InChI=1S/C17H9Cl2FN4O2/c18-10-7-21-16-14(13(10)19)23-15(24-16)9-6-8(3-4-11(9)20)22-17(25)12-2-1-5-26-12/h1-7H,(H,22,25)(H,21,23,24). The molecule has 0 aliphatic carbocycles. The van der Waals surface area contributed by atoms with Gasteiger partial charge in [-0.1, -0.05) is 23.2 Å². The summed E-state index contributed by atoms with van der Waals surface area (Å²) in [5.74, 6) is -0.621. The summed E-state index contributed by atoms with van der Waals surface area (Å²) >= 11 is 12.1. The van der Waals surface area contributed by atoms with Gasteiger partial charge < -0.3 is 14.7 Å². The van der Waals surface area contributed by atoms with Gasteiger partial charge in [0.25, 0.3) is 5.91 Å². The number of nitrogens with zero attached hydrogens (tertiary/aromatic N) is 2. The number of carbonyl (C=O) groups excluding carboxylic acids is 1. The first-order valence-electron chi connectivity index (χ1n) is 7.37. The van der Waals surface area contributed by atoms with Gasteiger partial charge >= 0.3 is 0 Å². The Kier molecular flexibility index (Phi) is 4.10. The third-order valence-corrected chi connectivity index (χ3v) is 4.41. The number of fused-ring (bicyclic) bond motifs is 1. The van der Waals surface area contributed by atoms with E-state index in [1.165, 1.54) is 36.7 Å². The Morgan fingerprint density at radius 1 is 1.27 bits per heavy atom. The van der Waals surface area contributed by atoms with Crippen molar-refractivity contribution in [3.8, 4) is 11.4 Å². The Hall–Kier alpha value is -2.90. The number of aromatic nitrogens is 3. The molecule has 6 nitrogen and oxygen atoms in total. The number of hydrogen-bond donors (Lipinski definition) is 2. The average molecular weight is 391 g/mol. The Balaban J connectivity index is 1.73. The Morgan fingerprint density at radius 3 is 2.88 bits per heavy atom. The van der Waals surface area contributed by atoms with E-state index in [0.29, 0.717) is 16.9 Å². The van der Waals surface area contributed by atoms with Crippen LogP contribution >= 0.6 is 23.2 Å². The number of amides is 1. The number of anilines is 1. The Morgan fingerprint density at radius 2 is 2.12 bits per heavy atom. The van der Waals surface area contributed by atoms with Gasteiger partial charge in [0.2, 0.25) is 0 Å². The van der Waals surface area contributed by atoms with Crippen molar-refractivity contribution in [3.63, 3.8) is 0 Å². The molecular formula is C17H9Cl2FN4O2. The predicted molar refractivity (Wildman–Crippen MR) is 96.0 cm³/mol. The van der Waals surface area contributed by atoms with E-state index in [0.717, 1.165) is 0 Å². The monoisotopic (exact) mass is 390 g/mol. The normalized spacial score (nSPS) is 11.0. The second kappa shape index (κ2) is 6.44. The van der Waals surface area contributed by atoms with Crippen LogP contribution in [0, 0.1) is 5.82 Å². The molecule has 1 aromatic carbocycles. The number of pyridine rings is 1. The van der Waals surface area contributed by atoms with E-state index < -0.39 is 11.7 Å². The molecule has 0 aliphatic rings. The van der Waals surface area contributed by atoms with Gasteiger partial charge in [-0.25, -0.2) is 14.4 Å². The van der Waals surface area contributed by atoms with Crippen molar-refractivity contribution in [3.05, 3.63) is 64.4 Å². The van der Waals surface area contributed by atoms with E-state index in [1.807, 2.05) is 0 Å². The van der Waals surface area contributed by atoms with Gasteiger partial charge in [0.1, 0.15) is 17.2 Å². The molecule has 0 spiro atoms. The highest BCUT2D eigenvalue weighted by Gasteiger charge is 2.16. The van der Waals surface area contributed by atoms with Crippen molar-refractivity contribution in [2.24, 2.45) is 0 Å². The number of hydrogen-bond acceptors (Lipinski definition) is 4. The first-order valence-corrected chi connectivity index (χ1v) is 8.13. The fourth-order valence-electron chi connectivity index (χ4n) is 2.42. The van der Waals surface area contributed by atoms with Crippen LogP contribution in [0.1, 0.15) is 10.6 Å². The minimum absolute atomic E-state index is 0.144. The lowest BCUT2D eigenvalue weighted by Gasteiger charge is -2.06. The van der Waals surface area contributed by atoms with Crippen LogP contribution in [0.5, 0.6) is 0 Å². The third kappa shape index (κ3) is 2.91. The summed E-state index contributed by atoms with van der Waals surface area (Å²) in [7, 11) is 0. The largest absolute Gasteiger partial charge is 0.459 e. The molecule has 0 atom stereocenters. The van der Waals surface area contributed by atoms with Crippen LogP contribution in [0.4, 0.5) is 10.1 Å². The van der Waals surface area contributed by atoms with Gasteiger partial charge in [-0.3, -0.25) is 4.79 Å². The van der Waals surface area contributed by atoms with Crippen molar-refractivity contribution in [2.75, 3.05) is 5.32 Å². The van der Waals surface area contributed by atoms with Crippen LogP contribution in [0.3, 0.4) is 0 Å². The van der Waals surface area contributed by atoms with Crippen molar-refractivity contribution < 1.29 is 13.6 Å². The second-order valence-electron chi connectivity index (χ2n) is 5.33. The Labute approximate surface area is 156 Å². The van der Waals surface area contributed by atoms with Gasteiger partial charge in [-0.15, -0.1) is 0 Å². The predicted octanol–water partition coefficient (Wildman–Crippen LogP) is 4.92. The zero-order valence-electron chi connectivity index (χ0n) is 12.9. The van der Waals surface area contributed by atoms with E-state index in [-0.39, 0.29) is 27.2 Å². The smallest absolute Gasteiger partial charge is 0.291 e. The molecule has 3 heterocycles. The molecular weight excluding hydrogens is 382 g/mol. The lowest BCUT2D eigenvalue weighted by molar-refractivity contribution is 0.0996. The molecule has 130 valence electrons. The number of H-pyrrole nitrogens is 1. The van der Waals surface area contributed by atoms with Gasteiger partial charge in [0.05, 0.1) is 21.9 Å². The van der Waals surface area contributed by atoms with E-state index >= 15 is 0 Å². The topological polar surface area (TPSA) is 83.8 Å². The van der Waals surface area contributed by atoms with Crippen LogP contribution in [0.25, 0.3) is 22.6 Å². The SMILES string of the molecule is O=C(Nc1ccc(F)c(-c2nc3ncc(Cl)c(Cl)c3[nH]2)c1)c1ccco1. The molecule has 0 fully saturated rings. The molecule has 0 unspecified atom stereocenters. The van der Waals surface area contributed by atoms with Crippen molar-refractivity contribution in [1.82, 2.24) is 15.0 Å². The summed E-state index contributed by atoms with van der Waals surface area (Å²) in [6.07, 6.45) is 2.76. The summed E-state index contributed by atoms with van der Waals surface area (Å²) in [5.41, 5.74) is 1.23. The number of halogens is 3. The zero-order valence-corrected chi connectivity index (χ0v) is 14.4. The molecule has 26 heavy (non-hydrogen) atoms. The first kappa shape index (κ1) is 16.6. The van der Waals surface area contributed by atoms with Crippen molar-refractivity contribution >= 4 is 46.0 Å². The molecule has 9 heteroatoms. The first-order chi connectivity index (χ1) is 12.5. The van der Waals surface area contributed by atoms with Gasteiger partial charge in [-0.05, 0) is 30.3 Å². The van der Waals surface area contributed by atoms with Crippen LogP contribution in [-0.4, -0.2) is 20.9 Å². The number of furan rings is 1. The van der Waals surface area contributed by atoms with E-state index in [9.17, 15) is 9.18 Å². The van der Waals surface area contributed by atoms with Gasteiger partial charge in [0.15, 0.2) is 11.4 Å². The highest BCUT2D eigenvalue weighted by atomic mass is 35.5. The third-order valence-electron chi connectivity index (χ3n) is 3.64. The summed E-state index contributed by atoms with van der Waals surface area (Å²) in [6.45, 7) is 0. The maximum Gasteiger partial charge on any atom is 0.291 e. The van der Waals surface area contributed by atoms with Crippen LogP contribution in [0.2, 0.25) is 10.0 Å². The molecule has 0 saturated heterocycles. The van der Waals surface area contributed by atoms with E-state index in [2.05, 4.69) is 20.3 Å². The summed E-state index contributed by atoms with van der Waals surface area (Å²) < 4.78 is 19.3. The maximum absolute atomic E-state index is 14.3. The van der Waals surface area contributed by atoms with Crippen LogP contribution in [0.15, 0.2) is 47.2 Å². The molecule has 4 aromatic rings. The van der Waals surface area contributed by atoms with Crippen LogP contribution in [-0.2, 0) is 0 Å². The molecule has 3 aromatic heterocycles. The fourth-order valence-corrected chi connectivity index (χ4v) is 2.74.